The van der Waals surface area contributed by atoms with Gasteiger partial charge in [-0.1, -0.05) is 11.2 Å². The maximum absolute atomic E-state index is 8.77. The third-order valence-electron chi connectivity index (χ3n) is 2.57. The molecule has 0 aliphatic heterocycles. The van der Waals surface area contributed by atoms with Gasteiger partial charge in [0, 0.05) is 13.2 Å². The summed E-state index contributed by atoms with van der Waals surface area (Å²) < 4.78 is 0. The van der Waals surface area contributed by atoms with Gasteiger partial charge < -0.3 is 15.8 Å². The predicted octanol–water partition coefficient (Wildman–Crippen LogP) is 0.603. The summed E-state index contributed by atoms with van der Waals surface area (Å²) in [5, 5.41) is 19.6. The van der Waals surface area contributed by atoms with Crippen molar-refractivity contribution < 1.29 is 5.21 Å². The summed E-state index contributed by atoms with van der Waals surface area (Å²) in [6.07, 6.45) is 3.22. The van der Waals surface area contributed by atoms with Crippen LogP contribution in [0, 0.1) is 0 Å². The topological polar surface area (TPSA) is 101 Å². The zero-order chi connectivity index (χ0) is 13.7. The molecule has 0 aliphatic rings. The Morgan fingerprint density at radius 2 is 2.21 bits per heavy atom. The molecule has 98 valence electrons. The number of nitrogens with two attached hydrogens (primary N) is 1. The van der Waals surface area contributed by atoms with Crippen molar-refractivity contribution >= 4 is 11.7 Å². The van der Waals surface area contributed by atoms with E-state index in [0.717, 1.165) is 5.69 Å². The minimum atomic E-state index is -0.00206. The van der Waals surface area contributed by atoms with Crippen molar-refractivity contribution in [2.75, 3.05) is 11.9 Å². The molecule has 0 spiro atoms. The molecule has 0 radical (unpaired) electrons. The van der Waals surface area contributed by atoms with Crippen molar-refractivity contribution in [2.45, 2.75) is 6.54 Å². The maximum Gasteiger partial charge on any atom is 0.173 e. The molecule has 7 nitrogen and oxygen atoms in total. The van der Waals surface area contributed by atoms with Gasteiger partial charge in [-0.15, -0.1) is 5.10 Å². The molecule has 0 amide bonds. The highest BCUT2D eigenvalue weighted by Crippen LogP contribution is 2.16. The van der Waals surface area contributed by atoms with Crippen LogP contribution in [0.15, 0.2) is 41.8 Å². The highest BCUT2D eigenvalue weighted by Gasteiger charge is 2.13. The van der Waals surface area contributed by atoms with E-state index in [-0.39, 0.29) is 5.84 Å². The molecule has 2 aromatic rings. The fourth-order valence-electron chi connectivity index (χ4n) is 1.67. The zero-order valence-electron chi connectivity index (χ0n) is 10.4. The van der Waals surface area contributed by atoms with E-state index in [4.69, 9.17) is 10.9 Å². The highest BCUT2D eigenvalue weighted by atomic mass is 16.4. The lowest BCUT2D eigenvalue weighted by Gasteiger charge is -2.19. The van der Waals surface area contributed by atoms with Gasteiger partial charge in [-0.2, -0.15) is 5.10 Å². The molecule has 0 bridgehead atoms. The van der Waals surface area contributed by atoms with Crippen molar-refractivity contribution in [3.63, 3.8) is 0 Å². The molecule has 0 fully saturated rings. The van der Waals surface area contributed by atoms with Gasteiger partial charge in [0.25, 0.3) is 0 Å². The van der Waals surface area contributed by atoms with E-state index >= 15 is 0 Å². The van der Waals surface area contributed by atoms with Crippen molar-refractivity contribution in [3.05, 3.63) is 47.9 Å². The lowest BCUT2D eigenvalue weighted by Crippen LogP contribution is -2.24. The molecule has 0 saturated carbocycles. The highest BCUT2D eigenvalue weighted by molar-refractivity contribution is 6.01. The third-order valence-corrected chi connectivity index (χ3v) is 2.57. The van der Waals surface area contributed by atoms with Crippen LogP contribution in [0.4, 0.5) is 5.82 Å². The van der Waals surface area contributed by atoms with Crippen molar-refractivity contribution in [1.29, 1.82) is 0 Å². The molecule has 0 aliphatic carbocycles. The Balaban J connectivity index is 2.27. The number of oxime groups is 1. The van der Waals surface area contributed by atoms with Crippen LogP contribution in [-0.4, -0.2) is 33.3 Å². The number of anilines is 1. The lowest BCUT2D eigenvalue weighted by molar-refractivity contribution is 0.318. The third kappa shape index (κ3) is 2.95. The van der Waals surface area contributed by atoms with E-state index in [2.05, 4.69) is 20.3 Å². The van der Waals surface area contributed by atoms with E-state index in [1.807, 2.05) is 30.1 Å². The molecule has 2 rings (SSSR count). The first-order chi connectivity index (χ1) is 9.22. The predicted molar refractivity (Wildman–Crippen MR) is 70.9 cm³/mol. The van der Waals surface area contributed by atoms with Gasteiger partial charge >= 0.3 is 0 Å². The Kier molecular flexibility index (Phi) is 3.87. The van der Waals surface area contributed by atoms with Crippen LogP contribution in [0.25, 0.3) is 0 Å². The maximum atomic E-state index is 8.77. The monoisotopic (exact) mass is 258 g/mol. The molecule has 0 atom stereocenters. The molecule has 3 N–H and O–H groups in total. The number of rotatable bonds is 4. The largest absolute Gasteiger partial charge is 0.409 e. The number of aromatic nitrogens is 3. The van der Waals surface area contributed by atoms with Crippen LogP contribution in [0.2, 0.25) is 0 Å². The minimum absolute atomic E-state index is 0.00206. The molecule has 0 unspecified atom stereocenters. The lowest BCUT2D eigenvalue weighted by atomic mass is 10.2. The smallest absolute Gasteiger partial charge is 0.173 e. The van der Waals surface area contributed by atoms with Crippen molar-refractivity contribution in [3.8, 4) is 0 Å². The second kappa shape index (κ2) is 5.76. The van der Waals surface area contributed by atoms with Crippen LogP contribution >= 0.6 is 0 Å². The average Bonchev–Trinajstić information content (AvgIpc) is 2.47. The summed E-state index contributed by atoms with van der Waals surface area (Å²) in [4.78, 5) is 6.07. The molecule has 2 aromatic heterocycles. The number of amidine groups is 1. The first-order valence-corrected chi connectivity index (χ1v) is 5.63. The number of pyridine rings is 1. The Bertz CT molecular complexity index is 571. The van der Waals surface area contributed by atoms with Gasteiger partial charge in [-0.25, -0.2) is 0 Å². The van der Waals surface area contributed by atoms with Crippen LogP contribution < -0.4 is 10.6 Å². The van der Waals surface area contributed by atoms with Crippen molar-refractivity contribution in [2.24, 2.45) is 10.9 Å². The first-order valence-electron chi connectivity index (χ1n) is 5.63. The Morgan fingerprint density at radius 3 is 2.89 bits per heavy atom. The zero-order valence-corrected chi connectivity index (χ0v) is 10.4. The van der Waals surface area contributed by atoms with Gasteiger partial charge in [0.05, 0.1) is 24.0 Å². The first kappa shape index (κ1) is 12.7. The normalized spacial score (nSPS) is 11.3. The SMILES string of the molecule is CN(Cc1ccccn1)c1nnccc1/C(N)=N/O. The van der Waals surface area contributed by atoms with Crippen LogP contribution in [0.3, 0.4) is 0 Å². The van der Waals surface area contributed by atoms with Crippen LogP contribution in [0.5, 0.6) is 0 Å². The number of nitrogens with zero attached hydrogens (tertiary/aromatic N) is 5. The number of hydrogen-bond donors (Lipinski definition) is 2. The van der Waals surface area contributed by atoms with E-state index < -0.39 is 0 Å². The summed E-state index contributed by atoms with van der Waals surface area (Å²) in [6.45, 7) is 0.547. The second-order valence-electron chi connectivity index (χ2n) is 3.93. The van der Waals surface area contributed by atoms with E-state index in [1.54, 1.807) is 12.3 Å². The summed E-state index contributed by atoms with van der Waals surface area (Å²) in [6, 6.07) is 7.33. The standard InChI is InChI=1S/C12H14N6O/c1-18(8-9-4-2-3-6-14-9)12-10(11(13)17-19)5-7-15-16-12/h2-7,19H,8H2,1H3,(H2,13,17). The van der Waals surface area contributed by atoms with Gasteiger partial charge in [-0.3, -0.25) is 4.98 Å². The Hall–Kier alpha value is -2.70. The molecule has 0 saturated heterocycles. The molecule has 19 heavy (non-hydrogen) atoms. The molecule has 2 heterocycles. The Morgan fingerprint density at radius 1 is 1.37 bits per heavy atom. The quantitative estimate of drug-likeness (QED) is 0.360. The van der Waals surface area contributed by atoms with Crippen LogP contribution in [0.1, 0.15) is 11.3 Å². The summed E-state index contributed by atoms with van der Waals surface area (Å²) in [7, 11) is 1.84. The van der Waals surface area contributed by atoms with E-state index in [9.17, 15) is 0 Å². The summed E-state index contributed by atoms with van der Waals surface area (Å²) >= 11 is 0. The molecular formula is C12H14N6O. The Labute approximate surface area is 110 Å². The van der Waals surface area contributed by atoms with Gasteiger partial charge in [0.2, 0.25) is 0 Å². The molecule has 7 heteroatoms. The minimum Gasteiger partial charge on any atom is -0.409 e. The van der Waals surface area contributed by atoms with Crippen molar-refractivity contribution in [1.82, 2.24) is 15.2 Å². The summed E-state index contributed by atoms with van der Waals surface area (Å²) in [5.41, 5.74) is 7.03. The fourth-order valence-corrected chi connectivity index (χ4v) is 1.67. The fraction of sp³-hybridized carbons (Fsp3) is 0.167. The van der Waals surface area contributed by atoms with Crippen LogP contribution in [-0.2, 0) is 6.54 Å². The average molecular weight is 258 g/mol. The molecular weight excluding hydrogens is 244 g/mol. The van der Waals surface area contributed by atoms with E-state index in [1.165, 1.54) is 6.20 Å². The van der Waals surface area contributed by atoms with Gasteiger partial charge in [0.1, 0.15) is 0 Å². The van der Waals surface area contributed by atoms with Gasteiger partial charge in [0.15, 0.2) is 11.7 Å². The van der Waals surface area contributed by atoms with Gasteiger partial charge in [-0.05, 0) is 18.2 Å². The second-order valence-corrected chi connectivity index (χ2v) is 3.93. The number of hydrogen-bond acceptors (Lipinski definition) is 6. The van der Waals surface area contributed by atoms with E-state index in [0.29, 0.717) is 17.9 Å². The molecule has 0 aromatic carbocycles. The summed E-state index contributed by atoms with van der Waals surface area (Å²) in [5.74, 6) is 0.529.